The normalized spacial score (nSPS) is 57.6. The van der Waals surface area contributed by atoms with Gasteiger partial charge in [0.05, 0.1) is 12.2 Å². The van der Waals surface area contributed by atoms with Crippen molar-refractivity contribution in [2.24, 2.45) is 47.3 Å². The van der Waals surface area contributed by atoms with Gasteiger partial charge in [-0.05, 0) is 105 Å². The van der Waals surface area contributed by atoms with Crippen LogP contribution in [-0.2, 0) is 4.74 Å². The van der Waals surface area contributed by atoms with E-state index in [9.17, 15) is 0 Å². The molecule has 5 aliphatic carbocycles. The first-order chi connectivity index (χ1) is 12.4. The van der Waals surface area contributed by atoms with Crippen LogP contribution >= 0.6 is 0 Å². The quantitative estimate of drug-likeness (QED) is 0.508. The van der Waals surface area contributed by atoms with E-state index in [1.54, 1.807) is 44.9 Å². The Hall–Kier alpha value is -0.0400. The summed E-state index contributed by atoms with van der Waals surface area (Å²) in [5, 5.41) is 0. The Morgan fingerprint density at radius 2 is 1.04 bits per heavy atom. The molecule has 0 amide bonds. The fraction of sp³-hybridized carbons (Fsp3) is 1.00. The molecule has 0 aromatic carbocycles. The summed E-state index contributed by atoms with van der Waals surface area (Å²) in [5.41, 5.74) is 0. The van der Waals surface area contributed by atoms with Gasteiger partial charge in [0.15, 0.2) is 0 Å². The summed E-state index contributed by atoms with van der Waals surface area (Å²) >= 11 is 0. The first-order valence-corrected chi connectivity index (χ1v) is 12.0. The third-order valence-electron chi connectivity index (χ3n) is 10.2. The number of ether oxygens (including phenoxy) is 1. The van der Waals surface area contributed by atoms with Gasteiger partial charge in [-0.1, -0.05) is 32.1 Å². The Morgan fingerprint density at radius 1 is 0.400 bits per heavy atom. The van der Waals surface area contributed by atoms with E-state index in [-0.39, 0.29) is 0 Å². The fourth-order valence-corrected chi connectivity index (χ4v) is 9.27. The minimum Gasteiger partial charge on any atom is -0.374 e. The molecule has 6 aliphatic rings. The second kappa shape index (κ2) is 6.25. The van der Waals surface area contributed by atoms with Crippen molar-refractivity contribution in [1.82, 2.24) is 0 Å². The molecule has 25 heavy (non-hydrogen) atoms. The number of rotatable bonds is 0. The highest BCUT2D eigenvalue weighted by Crippen LogP contribution is 2.62. The second-order valence-electron chi connectivity index (χ2n) is 10.9. The lowest BCUT2D eigenvalue weighted by Gasteiger charge is -2.55. The Kier molecular flexibility index (Phi) is 3.99. The van der Waals surface area contributed by atoms with Gasteiger partial charge in [-0.15, -0.1) is 0 Å². The summed E-state index contributed by atoms with van der Waals surface area (Å²) in [7, 11) is 0. The van der Waals surface area contributed by atoms with Gasteiger partial charge in [0.1, 0.15) is 0 Å². The van der Waals surface area contributed by atoms with Crippen LogP contribution in [0.1, 0.15) is 89.9 Å². The predicted octanol–water partition coefficient (Wildman–Crippen LogP) is 6.21. The van der Waals surface area contributed by atoms with E-state index in [1.807, 2.05) is 0 Å². The molecule has 1 saturated heterocycles. The molecule has 0 aromatic rings. The minimum atomic E-state index is 0.650. The first kappa shape index (κ1) is 16.0. The highest BCUT2D eigenvalue weighted by atomic mass is 16.5. The zero-order valence-electron chi connectivity index (χ0n) is 16.1. The fourth-order valence-electron chi connectivity index (χ4n) is 9.27. The van der Waals surface area contributed by atoms with Crippen molar-refractivity contribution in [3.63, 3.8) is 0 Å². The van der Waals surface area contributed by atoms with Gasteiger partial charge in [0, 0.05) is 0 Å². The third-order valence-corrected chi connectivity index (χ3v) is 10.2. The highest BCUT2D eigenvalue weighted by molar-refractivity contribution is 5.04. The van der Waals surface area contributed by atoms with Crippen LogP contribution < -0.4 is 0 Å². The SMILES string of the molecule is C1CCC2OC3CCC4C(CCC5C6CCCCC6CC54)C3CC2C1. The minimum absolute atomic E-state index is 0.650. The Morgan fingerprint density at radius 3 is 1.96 bits per heavy atom. The molecule has 0 N–H and O–H groups in total. The van der Waals surface area contributed by atoms with E-state index < -0.39 is 0 Å². The summed E-state index contributed by atoms with van der Waals surface area (Å²) < 4.78 is 6.75. The van der Waals surface area contributed by atoms with E-state index in [2.05, 4.69) is 0 Å². The third kappa shape index (κ3) is 2.50. The van der Waals surface area contributed by atoms with E-state index in [1.165, 1.54) is 44.9 Å². The van der Waals surface area contributed by atoms with Crippen LogP contribution in [0.4, 0.5) is 0 Å². The molecule has 10 atom stereocenters. The maximum Gasteiger partial charge on any atom is 0.0610 e. The second-order valence-corrected chi connectivity index (χ2v) is 10.9. The molecule has 6 rings (SSSR count). The zero-order valence-corrected chi connectivity index (χ0v) is 16.1. The molecule has 1 aliphatic heterocycles. The number of hydrogen-bond acceptors (Lipinski definition) is 1. The van der Waals surface area contributed by atoms with Crippen LogP contribution in [-0.4, -0.2) is 12.2 Å². The van der Waals surface area contributed by atoms with Gasteiger partial charge >= 0.3 is 0 Å². The predicted molar refractivity (Wildman–Crippen MR) is 101 cm³/mol. The molecule has 10 unspecified atom stereocenters. The smallest absolute Gasteiger partial charge is 0.0610 e. The molecule has 1 heteroatoms. The summed E-state index contributed by atoms with van der Waals surface area (Å²) in [6.07, 6.45) is 22.5. The summed E-state index contributed by atoms with van der Waals surface area (Å²) in [6, 6.07) is 0. The molecule has 0 radical (unpaired) electrons. The van der Waals surface area contributed by atoms with Gasteiger partial charge in [0.2, 0.25) is 0 Å². The van der Waals surface area contributed by atoms with Crippen LogP contribution in [0.3, 0.4) is 0 Å². The average Bonchev–Trinajstić information content (AvgIpc) is 3.05. The molecular formula is C24H38O. The van der Waals surface area contributed by atoms with E-state index in [4.69, 9.17) is 4.74 Å². The molecular weight excluding hydrogens is 304 g/mol. The van der Waals surface area contributed by atoms with Crippen molar-refractivity contribution in [3.8, 4) is 0 Å². The zero-order chi connectivity index (χ0) is 16.4. The van der Waals surface area contributed by atoms with Gasteiger partial charge in [-0.25, -0.2) is 0 Å². The topological polar surface area (TPSA) is 9.23 Å². The van der Waals surface area contributed by atoms with Crippen molar-refractivity contribution >= 4 is 0 Å². The lowest BCUT2D eigenvalue weighted by Crippen LogP contribution is -2.52. The molecule has 0 aromatic heterocycles. The lowest BCUT2D eigenvalue weighted by atomic mass is 9.55. The van der Waals surface area contributed by atoms with Gasteiger partial charge in [-0.3, -0.25) is 0 Å². The van der Waals surface area contributed by atoms with Crippen molar-refractivity contribution < 1.29 is 4.74 Å². The van der Waals surface area contributed by atoms with Crippen LogP contribution in [0.25, 0.3) is 0 Å². The average molecular weight is 343 g/mol. The monoisotopic (exact) mass is 342 g/mol. The highest BCUT2D eigenvalue weighted by Gasteiger charge is 2.55. The van der Waals surface area contributed by atoms with Crippen molar-refractivity contribution in [3.05, 3.63) is 0 Å². The Balaban J connectivity index is 1.22. The summed E-state index contributed by atoms with van der Waals surface area (Å²) in [4.78, 5) is 0. The molecule has 1 nitrogen and oxygen atoms in total. The molecule has 1 heterocycles. The maximum absolute atomic E-state index is 6.75. The number of fused-ring (bicyclic) bond motifs is 8. The first-order valence-electron chi connectivity index (χ1n) is 12.0. The van der Waals surface area contributed by atoms with Gasteiger partial charge in [-0.2, -0.15) is 0 Å². The molecule has 140 valence electrons. The van der Waals surface area contributed by atoms with Crippen LogP contribution in [0.5, 0.6) is 0 Å². The largest absolute Gasteiger partial charge is 0.374 e. The van der Waals surface area contributed by atoms with Crippen LogP contribution in [0, 0.1) is 47.3 Å². The number of hydrogen-bond donors (Lipinski definition) is 0. The van der Waals surface area contributed by atoms with E-state index in [0.717, 1.165) is 47.3 Å². The Bertz CT molecular complexity index is 500. The summed E-state index contributed by atoms with van der Waals surface area (Å²) in [6.45, 7) is 0. The molecule has 6 fully saturated rings. The maximum atomic E-state index is 6.75. The van der Waals surface area contributed by atoms with Gasteiger partial charge < -0.3 is 4.74 Å². The van der Waals surface area contributed by atoms with Crippen LogP contribution in [0.2, 0.25) is 0 Å². The molecule has 0 bridgehead atoms. The van der Waals surface area contributed by atoms with E-state index >= 15 is 0 Å². The van der Waals surface area contributed by atoms with Crippen LogP contribution in [0.15, 0.2) is 0 Å². The van der Waals surface area contributed by atoms with Gasteiger partial charge in [0.25, 0.3) is 0 Å². The molecule has 0 spiro atoms. The van der Waals surface area contributed by atoms with Crippen molar-refractivity contribution in [2.75, 3.05) is 0 Å². The van der Waals surface area contributed by atoms with Crippen molar-refractivity contribution in [2.45, 2.75) is 102 Å². The summed E-state index contributed by atoms with van der Waals surface area (Å²) in [5.74, 6) is 8.54. The lowest BCUT2D eigenvalue weighted by molar-refractivity contribution is -0.175. The Labute approximate surface area is 154 Å². The standard InChI is InChI=1S/C24H38O/c1-3-7-17-15(5-1)13-21-18(17)9-10-20-19(21)11-12-24-22(20)14-16-6-2-4-8-23(16)25-24/h15-24H,1-14H2. The molecule has 5 saturated carbocycles. The van der Waals surface area contributed by atoms with Crippen molar-refractivity contribution in [1.29, 1.82) is 0 Å². The van der Waals surface area contributed by atoms with E-state index in [0.29, 0.717) is 12.2 Å².